The quantitative estimate of drug-likeness (QED) is 0.121. The number of benzene rings is 2. The number of hydrogen-bond acceptors (Lipinski definition) is 4. The normalized spacial score (nSPS) is 11.7. The summed E-state index contributed by atoms with van der Waals surface area (Å²) in [6, 6.07) is 22.2. The molecule has 4 N–H and O–H groups in total. The maximum Gasteiger partial charge on any atom is 0.0291 e. The van der Waals surface area contributed by atoms with Gasteiger partial charge in [-0.25, -0.2) is 0 Å². The van der Waals surface area contributed by atoms with E-state index in [4.69, 9.17) is 0 Å². The van der Waals surface area contributed by atoms with Crippen LogP contribution >= 0.6 is 49.6 Å². The van der Waals surface area contributed by atoms with Crippen LogP contribution in [0.5, 0.6) is 0 Å². The third kappa shape index (κ3) is 21.0. The molecule has 2 atom stereocenters. The molecule has 8 heteroatoms. The molecule has 0 aliphatic heterocycles. The van der Waals surface area contributed by atoms with Crippen LogP contribution in [-0.2, 0) is 0 Å². The van der Waals surface area contributed by atoms with E-state index < -0.39 is 0 Å². The Labute approximate surface area is 252 Å². The molecular formula is C29H52Cl4N4. The van der Waals surface area contributed by atoms with Crippen molar-refractivity contribution >= 4 is 49.6 Å². The SMILES string of the molecule is CC(NCCCNCCCCCCCNCCCNC(C)c1ccccc1)c1ccccc1.Cl.Cl.Cl.Cl. The summed E-state index contributed by atoms with van der Waals surface area (Å²) >= 11 is 0. The second-order valence-corrected chi connectivity index (χ2v) is 9.15. The summed E-state index contributed by atoms with van der Waals surface area (Å²) in [5.74, 6) is 0. The summed E-state index contributed by atoms with van der Waals surface area (Å²) in [6.07, 6.45) is 9.01. The van der Waals surface area contributed by atoms with Crippen molar-refractivity contribution in [3.63, 3.8) is 0 Å². The Morgan fingerprint density at radius 3 is 1.14 bits per heavy atom. The Hall–Kier alpha value is -0.560. The van der Waals surface area contributed by atoms with Crippen LogP contribution in [0.25, 0.3) is 0 Å². The van der Waals surface area contributed by atoms with Crippen molar-refractivity contribution in [2.24, 2.45) is 0 Å². The lowest BCUT2D eigenvalue weighted by molar-refractivity contribution is 0.516. The third-order valence-corrected chi connectivity index (χ3v) is 6.27. The zero-order valence-electron chi connectivity index (χ0n) is 22.8. The minimum Gasteiger partial charge on any atom is -0.317 e. The fraction of sp³-hybridized carbons (Fsp3) is 0.586. The Kier molecular flexibility index (Phi) is 31.5. The van der Waals surface area contributed by atoms with Gasteiger partial charge in [0.1, 0.15) is 0 Å². The van der Waals surface area contributed by atoms with Crippen molar-refractivity contribution in [1.82, 2.24) is 21.3 Å². The van der Waals surface area contributed by atoms with Gasteiger partial charge >= 0.3 is 0 Å². The summed E-state index contributed by atoms with van der Waals surface area (Å²) in [7, 11) is 0. The predicted octanol–water partition coefficient (Wildman–Crippen LogP) is 7.29. The van der Waals surface area contributed by atoms with Gasteiger partial charge in [-0.05, 0) is 89.9 Å². The van der Waals surface area contributed by atoms with Crippen LogP contribution in [0.15, 0.2) is 60.7 Å². The molecule has 0 aliphatic carbocycles. The molecule has 0 aliphatic rings. The number of hydrogen-bond donors (Lipinski definition) is 4. The molecule has 0 fully saturated rings. The van der Waals surface area contributed by atoms with Crippen molar-refractivity contribution in [3.8, 4) is 0 Å². The monoisotopic (exact) mass is 596 g/mol. The average Bonchev–Trinajstić information content (AvgIpc) is 2.86. The van der Waals surface area contributed by atoms with E-state index in [1.165, 1.54) is 56.1 Å². The van der Waals surface area contributed by atoms with E-state index in [-0.39, 0.29) is 49.6 Å². The molecule has 4 nitrogen and oxygen atoms in total. The molecule has 216 valence electrons. The molecule has 0 amide bonds. The highest BCUT2D eigenvalue weighted by Crippen LogP contribution is 2.11. The van der Waals surface area contributed by atoms with Gasteiger partial charge < -0.3 is 21.3 Å². The van der Waals surface area contributed by atoms with Gasteiger partial charge in [0, 0.05) is 12.1 Å². The smallest absolute Gasteiger partial charge is 0.0291 e. The standard InChI is InChI=1S/C29H48N4.4ClH/c1-26(28-16-8-6-9-17-28)32-24-14-22-30-20-12-4-3-5-13-21-31-23-15-25-33-27(2)29-18-10-7-11-19-29;;;;/h6-11,16-19,26-27,30-33H,3-5,12-15,20-25H2,1-2H3;4*1H. The second-order valence-electron chi connectivity index (χ2n) is 9.15. The number of unbranched alkanes of at least 4 members (excludes halogenated alkanes) is 4. The van der Waals surface area contributed by atoms with E-state index in [0.717, 1.165) is 39.3 Å². The van der Waals surface area contributed by atoms with Crippen molar-refractivity contribution in [1.29, 1.82) is 0 Å². The number of nitrogens with one attached hydrogen (secondary N) is 4. The second kappa shape index (κ2) is 28.4. The van der Waals surface area contributed by atoms with E-state index in [0.29, 0.717) is 12.1 Å². The highest BCUT2D eigenvalue weighted by atomic mass is 35.5. The van der Waals surface area contributed by atoms with Gasteiger partial charge in [0.2, 0.25) is 0 Å². The molecule has 0 spiro atoms. The molecule has 2 aromatic rings. The zero-order valence-corrected chi connectivity index (χ0v) is 26.0. The van der Waals surface area contributed by atoms with Crippen molar-refractivity contribution in [2.75, 3.05) is 39.3 Å². The summed E-state index contributed by atoms with van der Waals surface area (Å²) in [4.78, 5) is 0. The number of halogens is 4. The van der Waals surface area contributed by atoms with Crippen LogP contribution < -0.4 is 21.3 Å². The number of rotatable bonds is 20. The Balaban J connectivity index is -0.00000289. The highest BCUT2D eigenvalue weighted by molar-refractivity contribution is 5.86. The van der Waals surface area contributed by atoms with Gasteiger partial charge in [0.15, 0.2) is 0 Å². The van der Waals surface area contributed by atoms with Gasteiger partial charge in [0.25, 0.3) is 0 Å². The first kappa shape index (κ1) is 40.9. The average molecular weight is 599 g/mol. The molecule has 0 radical (unpaired) electrons. The highest BCUT2D eigenvalue weighted by Gasteiger charge is 2.03. The minimum atomic E-state index is 0. The molecule has 37 heavy (non-hydrogen) atoms. The first-order valence-corrected chi connectivity index (χ1v) is 13.3. The lowest BCUT2D eigenvalue weighted by Gasteiger charge is -2.14. The van der Waals surface area contributed by atoms with Gasteiger partial charge in [-0.2, -0.15) is 0 Å². The molecule has 0 saturated heterocycles. The fourth-order valence-corrected chi connectivity index (χ4v) is 4.06. The van der Waals surface area contributed by atoms with Crippen molar-refractivity contribution in [3.05, 3.63) is 71.8 Å². The summed E-state index contributed by atoms with van der Waals surface area (Å²) in [6.45, 7) is 11.1. The topological polar surface area (TPSA) is 48.1 Å². The van der Waals surface area contributed by atoms with Gasteiger partial charge in [-0.15, -0.1) is 49.6 Å². The van der Waals surface area contributed by atoms with E-state index >= 15 is 0 Å². The zero-order chi connectivity index (χ0) is 23.4. The lowest BCUT2D eigenvalue weighted by Crippen LogP contribution is -2.25. The van der Waals surface area contributed by atoms with Crippen LogP contribution in [0.2, 0.25) is 0 Å². The van der Waals surface area contributed by atoms with Crippen molar-refractivity contribution < 1.29 is 0 Å². The Morgan fingerprint density at radius 2 is 0.757 bits per heavy atom. The van der Waals surface area contributed by atoms with Crippen LogP contribution in [0.4, 0.5) is 0 Å². The maximum absolute atomic E-state index is 3.61. The molecule has 2 unspecified atom stereocenters. The Morgan fingerprint density at radius 1 is 0.432 bits per heavy atom. The van der Waals surface area contributed by atoms with E-state index in [1.807, 2.05) is 0 Å². The van der Waals surface area contributed by atoms with E-state index in [2.05, 4.69) is 95.8 Å². The molecule has 0 heterocycles. The molecule has 0 bridgehead atoms. The van der Waals surface area contributed by atoms with Crippen molar-refractivity contribution in [2.45, 2.75) is 70.9 Å². The molecular weight excluding hydrogens is 546 g/mol. The van der Waals surface area contributed by atoms with Crippen LogP contribution in [-0.4, -0.2) is 39.3 Å². The maximum atomic E-state index is 3.61. The largest absolute Gasteiger partial charge is 0.317 e. The fourth-order valence-electron chi connectivity index (χ4n) is 4.06. The first-order valence-electron chi connectivity index (χ1n) is 13.3. The van der Waals surface area contributed by atoms with Gasteiger partial charge in [-0.1, -0.05) is 79.9 Å². The Bertz CT molecular complexity index is 635. The van der Waals surface area contributed by atoms with Gasteiger partial charge in [-0.3, -0.25) is 0 Å². The van der Waals surface area contributed by atoms with E-state index in [9.17, 15) is 0 Å². The third-order valence-electron chi connectivity index (χ3n) is 6.27. The van der Waals surface area contributed by atoms with Crippen LogP contribution in [0.3, 0.4) is 0 Å². The van der Waals surface area contributed by atoms with Gasteiger partial charge in [0.05, 0.1) is 0 Å². The molecule has 2 rings (SSSR count). The predicted molar refractivity (Wildman–Crippen MR) is 173 cm³/mol. The summed E-state index contributed by atoms with van der Waals surface area (Å²) < 4.78 is 0. The summed E-state index contributed by atoms with van der Waals surface area (Å²) in [5.41, 5.74) is 2.73. The lowest BCUT2D eigenvalue weighted by atomic mass is 10.1. The van der Waals surface area contributed by atoms with E-state index in [1.54, 1.807) is 0 Å². The molecule has 0 saturated carbocycles. The van der Waals surface area contributed by atoms with Crippen LogP contribution in [0, 0.1) is 0 Å². The first-order chi connectivity index (χ1) is 16.3. The van der Waals surface area contributed by atoms with Crippen LogP contribution in [0.1, 0.15) is 82.0 Å². The summed E-state index contributed by atoms with van der Waals surface area (Å²) in [5, 5.41) is 14.4. The minimum absolute atomic E-state index is 0. The molecule has 0 aromatic heterocycles. The molecule has 2 aromatic carbocycles.